The molecule has 0 saturated heterocycles. The molecular formula is C16H25NO2. The zero-order chi connectivity index (χ0) is 13.5. The molecule has 0 radical (unpaired) electrons. The lowest BCUT2D eigenvalue weighted by atomic mass is 9.97. The van der Waals surface area contributed by atoms with Gasteiger partial charge in [-0.25, -0.2) is 0 Å². The molecule has 106 valence electrons. The van der Waals surface area contributed by atoms with Crippen molar-refractivity contribution < 1.29 is 9.47 Å². The fraction of sp³-hybridized carbons (Fsp3) is 0.625. The van der Waals surface area contributed by atoms with Gasteiger partial charge < -0.3 is 15.2 Å². The van der Waals surface area contributed by atoms with Gasteiger partial charge in [0.2, 0.25) is 0 Å². The third-order valence-electron chi connectivity index (χ3n) is 3.68. The Hall–Kier alpha value is -1.06. The van der Waals surface area contributed by atoms with Crippen molar-refractivity contribution in [1.82, 2.24) is 0 Å². The maximum Gasteiger partial charge on any atom is 0.124 e. The Labute approximate surface area is 116 Å². The molecule has 0 aromatic heterocycles. The molecule has 0 amide bonds. The van der Waals surface area contributed by atoms with Gasteiger partial charge in [-0.05, 0) is 25.8 Å². The highest BCUT2D eigenvalue weighted by atomic mass is 16.5. The molecule has 0 heterocycles. The van der Waals surface area contributed by atoms with E-state index >= 15 is 0 Å². The molecule has 19 heavy (non-hydrogen) atoms. The standard InChI is InChI=1S/C16H25NO2/c1-2-18-16-11-7-6-10-14(16)15(17)12-19-13-8-4-3-5-9-13/h6-7,10-11,13,15H,2-5,8-9,12,17H2,1H3. The van der Waals surface area contributed by atoms with Crippen LogP contribution in [0.3, 0.4) is 0 Å². The second-order valence-electron chi connectivity index (χ2n) is 5.17. The normalized spacial score (nSPS) is 18.2. The van der Waals surface area contributed by atoms with Crippen molar-refractivity contribution >= 4 is 0 Å². The van der Waals surface area contributed by atoms with Gasteiger partial charge in [-0.2, -0.15) is 0 Å². The summed E-state index contributed by atoms with van der Waals surface area (Å²) < 4.78 is 11.6. The van der Waals surface area contributed by atoms with Gasteiger partial charge in [0.25, 0.3) is 0 Å². The molecule has 0 spiro atoms. The lowest BCUT2D eigenvalue weighted by molar-refractivity contribution is 0.0203. The lowest BCUT2D eigenvalue weighted by Gasteiger charge is -2.24. The van der Waals surface area contributed by atoms with Gasteiger partial charge in [0, 0.05) is 5.56 Å². The number of para-hydroxylation sites is 1. The van der Waals surface area contributed by atoms with Gasteiger partial charge in [0.15, 0.2) is 0 Å². The number of nitrogens with two attached hydrogens (primary N) is 1. The Morgan fingerprint density at radius 3 is 2.68 bits per heavy atom. The fourth-order valence-electron chi connectivity index (χ4n) is 2.64. The topological polar surface area (TPSA) is 44.5 Å². The van der Waals surface area contributed by atoms with Crippen molar-refractivity contribution in [3.05, 3.63) is 29.8 Å². The molecule has 2 rings (SSSR count). The fourth-order valence-corrected chi connectivity index (χ4v) is 2.64. The van der Waals surface area contributed by atoms with E-state index in [0.717, 1.165) is 11.3 Å². The van der Waals surface area contributed by atoms with Gasteiger partial charge in [-0.1, -0.05) is 37.5 Å². The van der Waals surface area contributed by atoms with Crippen LogP contribution in [0.2, 0.25) is 0 Å². The first kappa shape index (κ1) is 14.4. The molecule has 1 aromatic rings. The summed E-state index contributed by atoms with van der Waals surface area (Å²) in [6, 6.07) is 7.87. The summed E-state index contributed by atoms with van der Waals surface area (Å²) in [5.41, 5.74) is 7.28. The van der Waals surface area contributed by atoms with E-state index < -0.39 is 0 Å². The van der Waals surface area contributed by atoms with E-state index in [9.17, 15) is 0 Å². The molecule has 2 N–H and O–H groups in total. The summed E-state index contributed by atoms with van der Waals surface area (Å²) in [5.74, 6) is 0.879. The van der Waals surface area contributed by atoms with Crippen LogP contribution < -0.4 is 10.5 Å². The van der Waals surface area contributed by atoms with Crippen molar-refractivity contribution in [3.8, 4) is 5.75 Å². The minimum atomic E-state index is -0.107. The van der Waals surface area contributed by atoms with Crippen molar-refractivity contribution in [2.45, 2.75) is 51.2 Å². The second-order valence-corrected chi connectivity index (χ2v) is 5.17. The van der Waals surface area contributed by atoms with Crippen LogP contribution in [-0.4, -0.2) is 19.3 Å². The second kappa shape index (κ2) is 7.51. The Balaban J connectivity index is 1.89. The zero-order valence-corrected chi connectivity index (χ0v) is 11.8. The Kier molecular flexibility index (Phi) is 5.67. The zero-order valence-electron chi connectivity index (χ0n) is 11.8. The lowest BCUT2D eigenvalue weighted by Crippen LogP contribution is -2.24. The first-order valence-electron chi connectivity index (χ1n) is 7.40. The summed E-state index contributed by atoms with van der Waals surface area (Å²) in [7, 11) is 0. The molecule has 1 aliphatic rings. The summed E-state index contributed by atoms with van der Waals surface area (Å²) >= 11 is 0. The molecule has 1 unspecified atom stereocenters. The predicted molar refractivity (Wildman–Crippen MR) is 77.4 cm³/mol. The van der Waals surface area contributed by atoms with Gasteiger partial charge in [0.05, 0.1) is 25.4 Å². The van der Waals surface area contributed by atoms with E-state index in [-0.39, 0.29) is 6.04 Å². The van der Waals surface area contributed by atoms with Gasteiger partial charge >= 0.3 is 0 Å². The molecule has 0 aliphatic heterocycles. The van der Waals surface area contributed by atoms with E-state index in [1.54, 1.807) is 0 Å². The highest BCUT2D eigenvalue weighted by Gasteiger charge is 2.17. The average molecular weight is 263 g/mol. The van der Waals surface area contributed by atoms with E-state index in [4.69, 9.17) is 15.2 Å². The minimum Gasteiger partial charge on any atom is -0.494 e. The SMILES string of the molecule is CCOc1ccccc1C(N)COC1CCCCC1. The molecule has 1 saturated carbocycles. The van der Waals surface area contributed by atoms with Crippen molar-refractivity contribution in [1.29, 1.82) is 0 Å². The Morgan fingerprint density at radius 1 is 1.21 bits per heavy atom. The summed E-state index contributed by atoms with van der Waals surface area (Å²) in [6.45, 7) is 3.23. The van der Waals surface area contributed by atoms with Crippen LogP contribution in [-0.2, 0) is 4.74 Å². The van der Waals surface area contributed by atoms with Crippen LogP contribution in [0.25, 0.3) is 0 Å². The van der Waals surface area contributed by atoms with Crippen molar-refractivity contribution in [2.24, 2.45) is 5.73 Å². The van der Waals surface area contributed by atoms with Crippen LogP contribution in [0.5, 0.6) is 5.75 Å². The van der Waals surface area contributed by atoms with E-state index in [1.165, 1.54) is 32.1 Å². The van der Waals surface area contributed by atoms with Gasteiger partial charge in [-0.15, -0.1) is 0 Å². The van der Waals surface area contributed by atoms with Gasteiger partial charge in [0.1, 0.15) is 5.75 Å². The smallest absolute Gasteiger partial charge is 0.124 e. The van der Waals surface area contributed by atoms with Crippen LogP contribution in [0.1, 0.15) is 50.6 Å². The number of hydrogen-bond donors (Lipinski definition) is 1. The monoisotopic (exact) mass is 263 g/mol. The highest BCUT2D eigenvalue weighted by molar-refractivity contribution is 5.35. The third-order valence-corrected chi connectivity index (χ3v) is 3.68. The van der Waals surface area contributed by atoms with Crippen LogP contribution in [0, 0.1) is 0 Å². The van der Waals surface area contributed by atoms with E-state index in [1.807, 2.05) is 31.2 Å². The van der Waals surface area contributed by atoms with Crippen LogP contribution in [0.4, 0.5) is 0 Å². The van der Waals surface area contributed by atoms with Crippen molar-refractivity contribution in [3.63, 3.8) is 0 Å². The molecule has 1 atom stereocenters. The molecule has 0 bridgehead atoms. The largest absolute Gasteiger partial charge is 0.494 e. The third kappa shape index (κ3) is 4.22. The number of hydrogen-bond acceptors (Lipinski definition) is 3. The van der Waals surface area contributed by atoms with Gasteiger partial charge in [-0.3, -0.25) is 0 Å². The molecule has 3 heteroatoms. The number of rotatable bonds is 6. The summed E-state index contributed by atoms with van der Waals surface area (Å²) in [6.07, 6.45) is 6.68. The van der Waals surface area contributed by atoms with E-state index in [2.05, 4.69) is 0 Å². The molecule has 1 fully saturated rings. The first-order chi connectivity index (χ1) is 9.31. The van der Waals surface area contributed by atoms with Crippen LogP contribution >= 0.6 is 0 Å². The number of benzene rings is 1. The van der Waals surface area contributed by atoms with Crippen LogP contribution in [0.15, 0.2) is 24.3 Å². The highest BCUT2D eigenvalue weighted by Crippen LogP contribution is 2.26. The molecule has 1 aromatic carbocycles. The quantitative estimate of drug-likeness (QED) is 0.855. The number of ether oxygens (including phenoxy) is 2. The molecular weight excluding hydrogens is 238 g/mol. The first-order valence-corrected chi connectivity index (χ1v) is 7.40. The maximum absolute atomic E-state index is 6.24. The summed E-state index contributed by atoms with van der Waals surface area (Å²) in [5, 5.41) is 0. The van der Waals surface area contributed by atoms with Crippen molar-refractivity contribution in [2.75, 3.05) is 13.2 Å². The summed E-state index contributed by atoms with van der Waals surface area (Å²) in [4.78, 5) is 0. The average Bonchev–Trinajstić information content (AvgIpc) is 2.47. The molecule has 3 nitrogen and oxygen atoms in total. The predicted octanol–water partition coefficient (Wildman–Crippen LogP) is 3.43. The Bertz CT molecular complexity index is 375. The minimum absolute atomic E-state index is 0.107. The maximum atomic E-state index is 6.24. The van der Waals surface area contributed by atoms with E-state index in [0.29, 0.717) is 19.3 Å². The molecule has 1 aliphatic carbocycles. The Morgan fingerprint density at radius 2 is 1.95 bits per heavy atom.